The fourth-order valence-electron chi connectivity index (χ4n) is 8.37. The number of nitrogens with zero attached hydrogens (tertiary/aromatic N) is 7. The zero-order valence-corrected chi connectivity index (χ0v) is 47.7. The molecule has 3 heterocycles. The van der Waals surface area contributed by atoms with Crippen molar-refractivity contribution < 1.29 is 67.1 Å². The van der Waals surface area contributed by atoms with Crippen LogP contribution in [0.3, 0.4) is 0 Å². The first-order valence-corrected chi connectivity index (χ1v) is 30.4. The van der Waals surface area contributed by atoms with E-state index in [1.807, 2.05) is 6.92 Å². The van der Waals surface area contributed by atoms with Crippen LogP contribution in [-0.2, 0) is 73.4 Å². The monoisotopic (exact) mass is 1170 g/mol. The number of aromatic nitrogens is 6. The Hall–Kier alpha value is -5.82. The van der Waals surface area contributed by atoms with Crippen molar-refractivity contribution in [3.8, 4) is 0 Å². The number of likely N-dealkylation sites (tertiary alicyclic amines) is 1. The van der Waals surface area contributed by atoms with Crippen LogP contribution in [0.25, 0.3) is 0 Å². The second-order valence-corrected chi connectivity index (χ2v) is 23.6. The highest BCUT2D eigenvalue weighted by Crippen LogP contribution is 2.34. The van der Waals surface area contributed by atoms with Crippen molar-refractivity contribution in [1.29, 1.82) is 0 Å². The van der Waals surface area contributed by atoms with Crippen molar-refractivity contribution in [3.63, 3.8) is 0 Å². The number of carbonyl (C=O) groups is 8. The Kier molecular flexibility index (Phi) is 28.9. The molecule has 2 aromatic rings. The normalized spacial score (nSPS) is 16.7. The number of carbonyl (C=O) groups excluding carboxylic acids is 8. The molecular formula is C46H84N18O14P2. The Morgan fingerprint density at radius 3 is 1.43 bits per heavy atom. The third kappa shape index (κ3) is 24.9. The van der Waals surface area contributed by atoms with Crippen LogP contribution in [0.15, 0.2) is 12.4 Å². The van der Waals surface area contributed by atoms with Crippen LogP contribution in [0.1, 0.15) is 110 Å². The van der Waals surface area contributed by atoms with E-state index < -0.39 is 117 Å². The van der Waals surface area contributed by atoms with Crippen LogP contribution in [0.4, 0.5) is 0 Å². The minimum atomic E-state index is -4.44. The van der Waals surface area contributed by atoms with Gasteiger partial charge < -0.3 is 84.6 Å². The number of amides is 8. The zero-order chi connectivity index (χ0) is 59.7. The molecule has 452 valence electrons. The van der Waals surface area contributed by atoms with E-state index in [9.17, 15) is 67.1 Å². The van der Waals surface area contributed by atoms with Crippen LogP contribution >= 0.6 is 15.2 Å². The van der Waals surface area contributed by atoms with Crippen LogP contribution < -0.4 is 60.2 Å². The number of aryl methyl sites for hydroxylation is 2. The van der Waals surface area contributed by atoms with Gasteiger partial charge in [-0.25, -0.2) is 0 Å². The first-order chi connectivity index (χ1) is 37.6. The van der Waals surface area contributed by atoms with Gasteiger partial charge in [0, 0.05) is 37.8 Å². The molecule has 3 rings (SSSR count). The quantitative estimate of drug-likeness (QED) is 0.0223. The fourth-order valence-corrected chi connectivity index (χ4v) is 9.30. The van der Waals surface area contributed by atoms with Gasteiger partial charge in [-0.3, -0.25) is 56.8 Å². The highest BCUT2D eigenvalue weighted by Gasteiger charge is 2.38. The lowest BCUT2D eigenvalue weighted by atomic mass is 10.0. The summed E-state index contributed by atoms with van der Waals surface area (Å²) in [6.07, 6.45) is 5.61. The summed E-state index contributed by atoms with van der Waals surface area (Å²) in [7, 11) is -8.87. The van der Waals surface area contributed by atoms with E-state index >= 15 is 0 Å². The average Bonchev–Trinajstić information content (AvgIpc) is 4.18. The molecule has 80 heavy (non-hydrogen) atoms. The molecular weight excluding hydrogens is 1090 g/mol. The number of unbranched alkanes of at least 4 members (excludes halogenated alkanes) is 3. The van der Waals surface area contributed by atoms with Crippen molar-refractivity contribution in [2.24, 2.45) is 22.9 Å². The smallest absolute Gasteiger partial charge is 0.327 e. The summed E-state index contributed by atoms with van der Waals surface area (Å²) in [5, 5.41) is 34.2. The minimum absolute atomic E-state index is 0.0314. The van der Waals surface area contributed by atoms with E-state index in [1.54, 1.807) is 0 Å². The Balaban J connectivity index is 1.89. The topological polar surface area (TPSA) is 505 Å². The fraction of sp³-hybridized carbons (Fsp3) is 0.739. The molecule has 0 saturated carbocycles. The van der Waals surface area contributed by atoms with Gasteiger partial charge in [-0.15, -0.1) is 10.2 Å². The van der Waals surface area contributed by atoms with Gasteiger partial charge >= 0.3 is 15.2 Å². The standard InChI is InChI=1S/C46H84N18O14P2/c1-28(12-5-8-16-47)51-45(71)38-15-11-19-64(38)46(72)31(4)53-44(70)37(25-33-27-63(61-59-33)21-23-80(76,77)78)57-42(68)35(14-7-10-18-49)55-40(66)30(3)52-43(69)36(24-32-26-62(60-58-32)20-22-79(73,74)75)56-41(67)34(13-6-9-17-48)54-39(65)29(2)50/h26-31,34-38H,5-25,47-50H2,1-4H3,(H,51,71)(H,52,69)(H,53,70)(H,54,65)(H,55,66)(H,56,67)(H,57,68)(H2,73,74,75)(H2,76,77,78)/t28-,29+,30+,31+,34+,35+,36+,37+,38+/m1/s1. The Morgan fingerprint density at radius 1 is 0.575 bits per heavy atom. The number of hydrogen-bond donors (Lipinski definition) is 15. The molecule has 0 bridgehead atoms. The average molecular weight is 1180 g/mol. The van der Waals surface area contributed by atoms with Gasteiger partial charge in [0.2, 0.25) is 47.3 Å². The molecule has 0 unspecified atom stereocenters. The largest absolute Gasteiger partial charge is 0.352 e. The summed E-state index contributed by atoms with van der Waals surface area (Å²) in [6, 6.07) is -10.2. The second-order valence-electron chi connectivity index (χ2n) is 20.1. The Bertz CT molecular complexity index is 2450. The van der Waals surface area contributed by atoms with Crippen LogP contribution in [0.5, 0.6) is 0 Å². The molecule has 32 nitrogen and oxygen atoms in total. The van der Waals surface area contributed by atoms with E-state index in [1.165, 1.54) is 38.1 Å². The van der Waals surface area contributed by atoms with Gasteiger partial charge in [0.25, 0.3) is 0 Å². The van der Waals surface area contributed by atoms with E-state index in [4.69, 9.17) is 22.9 Å². The van der Waals surface area contributed by atoms with E-state index in [0.717, 1.165) is 22.2 Å². The Labute approximate surface area is 464 Å². The minimum Gasteiger partial charge on any atom is -0.352 e. The molecule has 1 aliphatic heterocycles. The lowest BCUT2D eigenvalue weighted by Gasteiger charge is -2.29. The van der Waals surface area contributed by atoms with Gasteiger partial charge in [0.05, 0.1) is 42.8 Å². The molecule has 19 N–H and O–H groups in total. The third-order valence-corrected chi connectivity index (χ3v) is 14.4. The summed E-state index contributed by atoms with van der Waals surface area (Å²) in [4.78, 5) is 149. The molecule has 2 aromatic heterocycles. The number of nitrogens with two attached hydrogens (primary N) is 4. The number of nitrogens with one attached hydrogen (secondary N) is 7. The maximum atomic E-state index is 14.3. The predicted octanol–water partition coefficient (Wildman–Crippen LogP) is -4.81. The summed E-state index contributed by atoms with van der Waals surface area (Å²) >= 11 is 0. The van der Waals surface area contributed by atoms with Gasteiger partial charge in [0.15, 0.2) is 0 Å². The summed E-state index contributed by atoms with van der Waals surface area (Å²) in [5.41, 5.74) is 23.0. The molecule has 8 amide bonds. The zero-order valence-electron chi connectivity index (χ0n) is 45.9. The summed E-state index contributed by atoms with van der Waals surface area (Å²) in [5.74, 6) is -5.96. The molecule has 1 aliphatic rings. The van der Waals surface area contributed by atoms with Crippen molar-refractivity contribution in [2.75, 3.05) is 38.5 Å². The number of hydrogen-bond acceptors (Lipinski definition) is 18. The molecule has 1 saturated heterocycles. The van der Waals surface area contributed by atoms with E-state index in [-0.39, 0.29) is 81.6 Å². The van der Waals surface area contributed by atoms with Crippen molar-refractivity contribution in [2.45, 2.75) is 179 Å². The van der Waals surface area contributed by atoms with Crippen molar-refractivity contribution >= 4 is 62.4 Å². The first kappa shape index (κ1) is 68.5. The lowest BCUT2D eigenvalue weighted by Crippen LogP contribution is -2.60. The van der Waals surface area contributed by atoms with Crippen molar-refractivity contribution in [3.05, 3.63) is 23.8 Å². The molecule has 0 radical (unpaired) electrons. The molecule has 9 atom stereocenters. The van der Waals surface area contributed by atoms with Crippen LogP contribution in [-0.4, -0.2) is 195 Å². The molecule has 0 aliphatic carbocycles. The Morgan fingerprint density at radius 2 is 0.988 bits per heavy atom. The van der Waals surface area contributed by atoms with Crippen molar-refractivity contribution in [1.82, 2.24) is 72.1 Å². The maximum absolute atomic E-state index is 14.3. The van der Waals surface area contributed by atoms with Gasteiger partial charge in [-0.05, 0) is 112 Å². The predicted molar refractivity (Wildman–Crippen MR) is 289 cm³/mol. The second kappa shape index (κ2) is 33.8. The van der Waals surface area contributed by atoms with Crippen LogP contribution in [0.2, 0.25) is 0 Å². The van der Waals surface area contributed by atoms with E-state index in [0.29, 0.717) is 51.6 Å². The van der Waals surface area contributed by atoms with Gasteiger partial charge in [0.1, 0.15) is 42.3 Å². The summed E-state index contributed by atoms with van der Waals surface area (Å²) in [6.45, 7) is 6.76. The van der Waals surface area contributed by atoms with Crippen LogP contribution in [0, 0.1) is 0 Å². The third-order valence-electron chi connectivity index (χ3n) is 12.9. The molecule has 0 aromatic carbocycles. The van der Waals surface area contributed by atoms with E-state index in [2.05, 4.69) is 57.8 Å². The highest BCUT2D eigenvalue weighted by atomic mass is 31.2. The molecule has 34 heteroatoms. The SMILES string of the molecule is C[C@H](CCCCN)NC(=O)[C@@H]1CCCN1C(=O)[C@H](C)NC(=O)[C@H](Cc1cn(CCP(=O)(O)O)nn1)NC(=O)[C@H](CCCCN)NC(=O)[C@H](C)NC(=O)[C@H](Cc1cn(CCP(=O)(O)O)nn1)NC(=O)[C@H](CCCCN)NC(=O)[C@H](C)N. The highest BCUT2D eigenvalue weighted by molar-refractivity contribution is 7.52. The molecule has 1 fully saturated rings. The van der Waals surface area contributed by atoms with Gasteiger partial charge in [-0.1, -0.05) is 16.8 Å². The first-order valence-electron chi connectivity index (χ1n) is 26.8. The van der Waals surface area contributed by atoms with Gasteiger partial charge in [-0.2, -0.15) is 0 Å². The number of rotatable bonds is 37. The lowest BCUT2D eigenvalue weighted by molar-refractivity contribution is -0.141. The maximum Gasteiger partial charge on any atom is 0.327 e. The summed E-state index contributed by atoms with van der Waals surface area (Å²) < 4.78 is 25.4. The molecule has 0 spiro atoms.